The number of aliphatic hydroxyl groups excluding tert-OH is 1. The van der Waals surface area contributed by atoms with Crippen molar-refractivity contribution in [2.75, 3.05) is 13.7 Å². The second-order valence-electron chi connectivity index (χ2n) is 3.93. The summed E-state index contributed by atoms with van der Waals surface area (Å²) in [7, 11) is 1.75. The summed E-state index contributed by atoms with van der Waals surface area (Å²) in [5.41, 5.74) is 1.02. The third-order valence-corrected chi connectivity index (χ3v) is 2.05. The van der Waals surface area contributed by atoms with Crippen LogP contribution in [0.1, 0.15) is 33.6 Å². The lowest BCUT2D eigenvalue weighted by Crippen LogP contribution is -2.12. The summed E-state index contributed by atoms with van der Waals surface area (Å²) in [4.78, 5) is 0. The fraction of sp³-hybridized carbons (Fsp3) is 0.818. The third kappa shape index (κ3) is 6.79. The van der Waals surface area contributed by atoms with Gasteiger partial charge in [0.2, 0.25) is 0 Å². The van der Waals surface area contributed by atoms with Crippen LogP contribution in [0.3, 0.4) is 0 Å². The smallest absolute Gasteiger partial charge is 0.0639 e. The molecule has 1 N–H and O–H groups in total. The van der Waals surface area contributed by atoms with Crippen molar-refractivity contribution in [3.8, 4) is 0 Å². The average molecular weight is 186 g/mol. The molecule has 2 heteroatoms. The molecule has 0 aromatic rings. The van der Waals surface area contributed by atoms with E-state index in [1.54, 1.807) is 7.11 Å². The van der Waals surface area contributed by atoms with E-state index in [1.165, 1.54) is 0 Å². The molecule has 2 nitrogen and oxygen atoms in total. The average Bonchev–Trinajstić information content (AvgIpc) is 2.10. The quantitative estimate of drug-likeness (QED) is 0.645. The van der Waals surface area contributed by atoms with Gasteiger partial charge < -0.3 is 9.84 Å². The van der Waals surface area contributed by atoms with Crippen molar-refractivity contribution in [1.82, 2.24) is 0 Å². The van der Waals surface area contributed by atoms with Crippen LogP contribution >= 0.6 is 0 Å². The molecule has 78 valence electrons. The van der Waals surface area contributed by atoms with E-state index in [0.717, 1.165) is 18.4 Å². The monoisotopic (exact) mass is 186 g/mol. The molecule has 1 atom stereocenters. The van der Waals surface area contributed by atoms with Crippen LogP contribution in [-0.2, 0) is 4.74 Å². The second kappa shape index (κ2) is 7.10. The lowest BCUT2D eigenvalue weighted by Gasteiger charge is -2.15. The summed E-state index contributed by atoms with van der Waals surface area (Å²) < 4.78 is 5.33. The van der Waals surface area contributed by atoms with Gasteiger partial charge >= 0.3 is 0 Å². The van der Waals surface area contributed by atoms with Crippen LogP contribution in [0.2, 0.25) is 0 Å². The fourth-order valence-corrected chi connectivity index (χ4v) is 1.21. The summed E-state index contributed by atoms with van der Waals surface area (Å²) in [5, 5.41) is 8.79. The molecule has 0 heterocycles. The summed E-state index contributed by atoms with van der Waals surface area (Å²) in [5.74, 6) is 0.660. The number of aliphatic hydroxyl groups is 1. The zero-order valence-corrected chi connectivity index (χ0v) is 9.21. The first-order chi connectivity index (χ1) is 6.10. The maximum absolute atomic E-state index is 8.79. The second-order valence-corrected chi connectivity index (χ2v) is 3.93. The Balaban J connectivity index is 3.84. The lowest BCUT2D eigenvalue weighted by molar-refractivity contribution is 0.0867. The molecule has 0 fully saturated rings. The first-order valence-corrected chi connectivity index (χ1v) is 4.89. The van der Waals surface area contributed by atoms with Crippen molar-refractivity contribution in [3.05, 3.63) is 11.6 Å². The van der Waals surface area contributed by atoms with E-state index in [1.807, 2.05) is 6.92 Å². The van der Waals surface area contributed by atoms with Crippen molar-refractivity contribution < 1.29 is 9.84 Å². The highest BCUT2D eigenvalue weighted by molar-refractivity contribution is 4.98. The molecule has 0 aliphatic heterocycles. The Morgan fingerprint density at radius 2 is 2.08 bits per heavy atom. The van der Waals surface area contributed by atoms with Crippen LogP contribution in [-0.4, -0.2) is 24.9 Å². The molecule has 0 bridgehead atoms. The molecule has 0 spiro atoms. The van der Waals surface area contributed by atoms with Crippen LogP contribution in [0.15, 0.2) is 11.6 Å². The molecule has 0 radical (unpaired) electrons. The first-order valence-electron chi connectivity index (χ1n) is 4.89. The van der Waals surface area contributed by atoms with Crippen molar-refractivity contribution in [3.63, 3.8) is 0 Å². The highest BCUT2D eigenvalue weighted by Gasteiger charge is 2.07. The predicted octanol–water partition coefficient (Wildman–Crippen LogP) is 2.38. The van der Waals surface area contributed by atoms with Crippen molar-refractivity contribution >= 4 is 0 Å². The highest BCUT2D eigenvalue weighted by atomic mass is 16.5. The molecule has 0 saturated carbocycles. The van der Waals surface area contributed by atoms with Gasteiger partial charge in [-0.3, -0.25) is 0 Å². The minimum atomic E-state index is 0.151. The van der Waals surface area contributed by atoms with Crippen molar-refractivity contribution in [1.29, 1.82) is 0 Å². The van der Waals surface area contributed by atoms with E-state index in [-0.39, 0.29) is 6.61 Å². The predicted molar refractivity (Wildman–Crippen MR) is 55.7 cm³/mol. The van der Waals surface area contributed by atoms with E-state index in [0.29, 0.717) is 12.0 Å². The molecule has 0 rings (SSSR count). The third-order valence-electron chi connectivity index (χ3n) is 2.05. The van der Waals surface area contributed by atoms with Gasteiger partial charge in [-0.1, -0.05) is 25.5 Å². The number of hydrogen-bond donors (Lipinski definition) is 1. The Bertz CT molecular complexity index is 150. The van der Waals surface area contributed by atoms with Gasteiger partial charge in [0.1, 0.15) is 0 Å². The minimum Gasteiger partial charge on any atom is -0.392 e. The van der Waals surface area contributed by atoms with E-state index < -0.39 is 0 Å². The maximum atomic E-state index is 8.79. The molecule has 0 aliphatic rings. The topological polar surface area (TPSA) is 29.5 Å². The summed E-state index contributed by atoms with van der Waals surface area (Å²) in [6.45, 7) is 6.46. The standard InChI is InChI=1S/C11H22O2/c1-9(2)7-11(13-4)6-5-10(3)8-12/h5,9,11-12H,6-8H2,1-4H3. The molecule has 0 aliphatic carbocycles. The number of methoxy groups -OCH3 is 1. The fourth-order valence-electron chi connectivity index (χ4n) is 1.21. The van der Waals surface area contributed by atoms with Gasteiger partial charge in [0.05, 0.1) is 12.7 Å². The Labute approximate surface area is 81.6 Å². The molecular formula is C11H22O2. The van der Waals surface area contributed by atoms with Crippen LogP contribution in [0.4, 0.5) is 0 Å². The molecule has 13 heavy (non-hydrogen) atoms. The Morgan fingerprint density at radius 1 is 1.46 bits per heavy atom. The largest absolute Gasteiger partial charge is 0.392 e. The molecule has 1 unspecified atom stereocenters. The number of rotatable bonds is 6. The Kier molecular flexibility index (Phi) is 6.92. The molecule has 0 aromatic carbocycles. The number of hydrogen-bond acceptors (Lipinski definition) is 2. The summed E-state index contributed by atoms with van der Waals surface area (Å²) in [6.07, 6.45) is 4.32. The van der Waals surface area contributed by atoms with Crippen LogP contribution in [0.5, 0.6) is 0 Å². The summed E-state index contributed by atoms with van der Waals surface area (Å²) in [6, 6.07) is 0. The van der Waals surface area contributed by atoms with Gasteiger partial charge in [-0.05, 0) is 25.7 Å². The van der Waals surface area contributed by atoms with Crippen LogP contribution in [0, 0.1) is 5.92 Å². The maximum Gasteiger partial charge on any atom is 0.0639 e. The normalized spacial score (nSPS) is 15.1. The van der Waals surface area contributed by atoms with E-state index >= 15 is 0 Å². The van der Waals surface area contributed by atoms with Crippen LogP contribution in [0.25, 0.3) is 0 Å². The molecular weight excluding hydrogens is 164 g/mol. The highest BCUT2D eigenvalue weighted by Crippen LogP contribution is 2.12. The van der Waals surface area contributed by atoms with Gasteiger partial charge in [-0.2, -0.15) is 0 Å². The lowest BCUT2D eigenvalue weighted by atomic mass is 10.0. The SMILES string of the molecule is COC(CC=C(C)CO)CC(C)C. The molecule has 0 saturated heterocycles. The van der Waals surface area contributed by atoms with E-state index in [9.17, 15) is 0 Å². The zero-order chi connectivity index (χ0) is 10.3. The summed E-state index contributed by atoms with van der Waals surface area (Å²) >= 11 is 0. The van der Waals surface area contributed by atoms with Gasteiger partial charge in [-0.15, -0.1) is 0 Å². The van der Waals surface area contributed by atoms with Crippen molar-refractivity contribution in [2.24, 2.45) is 5.92 Å². The van der Waals surface area contributed by atoms with Gasteiger partial charge in [0.25, 0.3) is 0 Å². The van der Waals surface area contributed by atoms with Gasteiger partial charge in [0, 0.05) is 7.11 Å². The zero-order valence-electron chi connectivity index (χ0n) is 9.21. The molecule has 0 amide bonds. The minimum absolute atomic E-state index is 0.151. The van der Waals surface area contributed by atoms with Gasteiger partial charge in [-0.25, -0.2) is 0 Å². The van der Waals surface area contributed by atoms with E-state index in [2.05, 4.69) is 19.9 Å². The Hall–Kier alpha value is -0.340. The van der Waals surface area contributed by atoms with Gasteiger partial charge in [0.15, 0.2) is 0 Å². The number of ether oxygens (including phenoxy) is 1. The first kappa shape index (κ1) is 12.7. The molecule has 0 aromatic heterocycles. The van der Waals surface area contributed by atoms with Crippen LogP contribution < -0.4 is 0 Å². The van der Waals surface area contributed by atoms with Crippen molar-refractivity contribution in [2.45, 2.75) is 39.7 Å². The van der Waals surface area contributed by atoms with E-state index in [4.69, 9.17) is 9.84 Å². The Morgan fingerprint density at radius 3 is 2.46 bits per heavy atom.